The largest absolute Gasteiger partial charge is 0.390 e. The molecule has 0 aromatic carbocycles. The lowest BCUT2D eigenvalue weighted by atomic mass is 9.44. The highest BCUT2D eigenvalue weighted by atomic mass is 16.3. The van der Waals surface area contributed by atoms with Crippen LogP contribution >= 0.6 is 0 Å². The van der Waals surface area contributed by atoms with Gasteiger partial charge in [0.2, 0.25) is 0 Å². The highest BCUT2D eigenvalue weighted by molar-refractivity contribution is 5.11. The van der Waals surface area contributed by atoms with Crippen LogP contribution in [-0.4, -0.2) is 22.4 Å². The van der Waals surface area contributed by atoms with Crippen molar-refractivity contribution >= 4 is 0 Å². The Morgan fingerprint density at radius 3 is 2.14 bits per heavy atom. The molecule has 0 aliphatic heterocycles. The second kappa shape index (κ2) is 8.12. The van der Waals surface area contributed by atoms with E-state index in [2.05, 4.69) is 34.6 Å². The van der Waals surface area contributed by atoms with Crippen molar-refractivity contribution in [3.8, 4) is 0 Å². The monoisotopic (exact) mass is 404 g/mol. The number of fused-ring (bicyclic) bond motifs is 5. The van der Waals surface area contributed by atoms with E-state index in [0.717, 1.165) is 54.8 Å². The number of aliphatic hydroxyl groups excluding tert-OH is 2. The predicted octanol–water partition coefficient (Wildman–Crippen LogP) is 6.44. The van der Waals surface area contributed by atoms with E-state index in [4.69, 9.17) is 0 Å². The van der Waals surface area contributed by atoms with E-state index in [1.807, 2.05) is 0 Å². The van der Waals surface area contributed by atoms with Crippen LogP contribution in [0, 0.1) is 52.3 Å². The molecule has 4 fully saturated rings. The van der Waals surface area contributed by atoms with Gasteiger partial charge in [-0.3, -0.25) is 0 Å². The molecule has 0 amide bonds. The number of hydrogen-bond donors (Lipinski definition) is 2. The van der Waals surface area contributed by atoms with E-state index < -0.39 is 12.2 Å². The van der Waals surface area contributed by atoms with Gasteiger partial charge in [-0.1, -0.05) is 53.9 Å². The summed E-state index contributed by atoms with van der Waals surface area (Å²) in [5, 5.41) is 21.0. The molecule has 4 aliphatic carbocycles. The van der Waals surface area contributed by atoms with Gasteiger partial charge in [-0.15, -0.1) is 0 Å². The maximum absolute atomic E-state index is 10.8. The summed E-state index contributed by atoms with van der Waals surface area (Å²) in [6, 6.07) is 0. The van der Waals surface area contributed by atoms with Crippen LogP contribution in [0.4, 0.5) is 0 Å². The standard InChI is InChI=1S/C27H48O2/c1-17(2)7-6-8-18(3)20-11-12-21-19-9-10-23-25(29)24(28)14-16-27(23,5)22(19)13-15-26(20,21)4/h17-25,28-29H,6-16H2,1-5H3/t18-,19-,20+,21-,22-,23+,24+,25+,26-,27-/m1/s1. The van der Waals surface area contributed by atoms with Gasteiger partial charge < -0.3 is 10.2 Å². The second-order valence-corrected chi connectivity index (χ2v) is 12.7. The molecule has 0 unspecified atom stereocenters. The highest BCUT2D eigenvalue weighted by Gasteiger charge is 2.61. The molecule has 168 valence electrons. The fourth-order valence-corrected chi connectivity index (χ4v) is 9.34. The quantitative estimate of drug-likeness (QED) is 0.553. The SMILES string of the molecule is CC(C)CCC[C@@H](C)[C@@H]1CC[C@@H]2[C@H]3CC[C@H]4[C@H](O)[C@@H](O)CC[C@]4(C)[C@@H]3CC[C@@]21C. The van der Waals surface area contributed by atoms with Crippen molar-refractivity contribution in [2.45, 2.75) is 117 Å². The Labute approximate surface area is 180 Å². The van der Waals surface area contributed by atoms with E-state index >= 15 is 0 Å². The topological polar surface area (TPSA) is 40.5 Å². The number of hydrogen-bond acceptors (Lipinski definition) is 2. The molecule has 0 radical (unpaired) electrons. The van der Waals surface area contributed by atoms with Gasteiger partial charge >= 0.3 is 0 Å². The van der Waals surface area contributed by atoms with Crippen molar-refractivity contribution in [3.05, 3.63) is 0 Å². The lowest BCUT2D eigenvalue weighted by Gasteiger charge is -2.62. The third kappa shape index (κ3) is 3.63. The maximum Gasteiger partial charge on any atom is 0.0832 e. The summed E-state index contributed by atoms with van der Waals surface area (Å²) in [5.74, 6) is 5.50. The van der Waals surface area contributed by atoms with Gasteiger partial charge in [-0.2, -0.15) is 0 Å². The zero-order valence-electron chi connectivity index (χ0n) is 19.9. The van der Waals surface area contributed by atoms with Gasteiger partial charge in [-0.05, 0) is 104 Å². The lowest BCUT2D eigenvalue weighted by molar-refractivity contribution is -0.174. The highest BCUT2D eigenvalue weighted by Crippen LogP contribution is 2.68. The molecule has 0 heterocycles. The minimum atomic E-state index is -0.486. The summed E-state index contributed by atoms with van der Waals surface area (Å²) in [7, 11) is 0. The van der Waals surface area contributed by atoms with Crippen LogP contribution in [-0.2, 0) is 0 Å². The van der Waals surface area contributed by atoms with Crippen LogP contribution in [0.15, 0.2) is 0 Å². The average Bonchev–Trinajstić information content (AvgIpc) is 3.02. The van der Waals surface area contributed by atoms with Crippen LogP contribution in [0.25, 0.3) is 0 Å². The van der Waals surface area contributed by atoms with Crippen LogP contribution in [0.3, 0.4) is 0 Å². The Morgan fingerprint density at radius 2 is 1.41 bits per heavy atom. The number of aliphatic hydroxyl groups is 2. The second-order valence-electron chi connectivity index (χ2n) is 12.7. The molecule has 0 bridgehead atoms. The minimum absolute atomic E-state index is 0.254. The van der Waals surface area contributed by atoms with Crippen molar-refractivity contribution in [2.24, 2.45) is 52.3 Å². The molecule has 2 nitrogen and oxygen atoms in total. The zero-order chi connectivity index (χ0) is 21.0. The Bertz CT molecular complexity index is 573. The summed E-state index contributed by atoms with van der Waals surface area (Å²) in [5.41, 5.74) is 0.804. The maximum atomic E-state index is 10.8. The van der Waals surface area contributed by atoms with Crippen molar-refractivity contribution in [1.82, 2.24) is 0 Å². The fourth-order valence-electron chi connectivity index (χ4n) is 9.34. The summed E-state index contributed by atoms with van der Waals surface area (Å²) >= 11 is 0. The van der Waals surface area contributed by atoms with E-state index in [1.54, 1.807) is 0 Å². The molecule has 0 saturated heterocycles. The fraction of sp³-hybridized carbons (Fsp3) is 1.00. The first-order valence-corrected chi connectivity index (χ1v) is 13.0. The molecule has 4 aliphatic rings. The molecule has 10 atom stereocenters. The van der Waals surface area contributed by atoms with E-state index in [1.165, 1.54) is 51.4 Å². The van der Waals surface area contributed by atoms with Crippen LogP contribution < -0.4 is 0 Å². The Hall–Kier alpha value is -0.0800. The summed E-state index contributed by atoms with van der Waals surface area (Å²) in [6.45, 7) is 12.4. The average molecular weight is 405 g/mol. The zero-order valence-corrected chi connectivity index (χ0v) is 19.9. The van der Waals surface area contributed by atoms with E-state index in [-0.39, 0.29) is 5.41 Å². The first-order chi connectivity index (χ1) is 13.7. The molecule has 4 saturated carbocycles. The first-order valence-electron chi connectivity index (χ1n) is 13.0. The minimum Gasteiger partial charge on any atom is -0.390 e. The van der Waals surface area contributed by atoms with Gasteiger partial charge in [-0.25, -0.2) is 0 Å². The number of rotatable bonds is 5. The van der Waals surface area contributed by atoms with Crippen LogP contribution in [0.2, 0.25) is 0 Å². The third-order valence-corrected chi connectivity index (χ3v) is 10.9. The van der Waals surface area contributed by atoms with E-state index in [0.29, 0.717) is 11.3 Å². The third-order valence-electron chi connectivity index (χ3n) is 10.9. The molecule has 0 aromatic heterocycles. The normalized spacial score (nSPS) is 50.7. The van der Waals surface area contributed by atoms with Gasteiger partial charge in [0.05, 0.1) is 12.2 Å². The van der Waals surface area contributed by atoms with Gasteiger partial charge in [0.15, 0.2) is 0 Å². The van der Waals surface area contributed by atoms with Crippen molar-refractivity contribution in [1.29, 1.82) is 0 Å². The Kier molecular flexibility index (Phi) is 6.19. The van der Waals surface area contributed by atoms with Gasteiger partial charge in [0.1, 0.15) is 0 Å². The van der Waals surface area contributed by atoms with Crippen molar-refractivity contribution in [2.75, 3.05) is 0 Å². The first kappa shape index (κ1) is 22.1. The van der Waals surface area contributed by atoms with Gasteiger partial charge in [0, 0.05) is 0 Å². The van der Waals surface area contributed by atoms with Crippen LogP contribution in [0.5, 0.6) is 0 Å². The predicted molar refractivity (Wildman–Crippen MR) is 120 cm³/mol. The summed E-state index contributed by atoms with van der Waals surface area (Å²) < 4.78 is 0. The molecular formula is C27H48O2. The smallest absolute Gasteiger partial charge is 0.0832 e. The van der Waals surface area contributed by atoms with Crippen LogP contribution in [0.1, 0.15) is 105 Å². The lowest BCUT2D eigenvalue weighted by Crippen LogP contribution is -2.58. The summed E-state index contributed by atoms with van der Waals surface area (Å²) in [4.78, 5) is 0. The molecule has 0 spiro atoms. The molecule has 2 heteroatoms. The molecule has 2 N–H and O–H groups in total. The summed E-state index contributed by atoms with van der Waals surface area (Å²) in [6.07, 6.45) is 13.3. The van der Waals surface area contributed by atoms with E-state index in [9.17, 15) is 10.2 Å². The van der Waals surface area contributed by atoms with Crippen molar-refractivity contribution < 1.29 is 10.2 Å². The van der Waals surface area contributed by atoms with Crippen molar-refractivity contribution in [3.63, 3.8) is 0 Å². The Morgan fingerprint density at radius 1 is 0.759 bits per heavy atom. The molecule has 0 aromatic rings. The van der Waals surface area contributed by atoms with Gasteiger partial charge in [0.25, 0.3) is 0 Å². The molecule has 4 rings (SSSR count). The molecule has 29 heavy (non-hydrogen) atoms. The molecular weight excluding hydrogens is 356 g/mol. The Balaban J connectivity index is 1.48.